The van der Waals surface area contributed by atoms with Crippen molar-refractivity contribution < 1.29 is 38.1 Å². The number of carbonyl (C=O) groups is 3. The Hall–Kier alpha value is -4.07. The molecule has 0 spiro atoms. The van der Waals surface area contributed by atoms with E-state index in [1.54, 1.807) is 84.0 Å². The van der Waals surface area contributed by atoms with E-state index in [2.05, 4.69) is 6.58 Å². The van der Waals surface area contributed by atoms with Gasteiger partial charge in [0.05, 0.1) is 17.4 Å². The average Bonchev–Trinajstić information content (AvgIpc) is 2.88. The number of hydrogen-bond acceptors (Lipinski definition) is 8. The fourth-order valence-corrected chi connectivity index (χ4v) is 3.19. The summed E-state index contributed by atoms with van der Waals surface area (Å²) < 4.78 is 27.3. The molecule has 0 saturated heterocycles. The second kappa shape index (κ2) is 14.4. The van der Waals surface area contributed by atoms with Crippen LogP contribution >= 0.6 is 0 Å². The molecule has 0 aliphatic rings. The van der Waals surface area contributed by atoms with Crippen LogP contribution in [-0.4, -0.2) is 37.9 Å². The lowest BCUT2D eigenvalue weighted by molar-refractivity contribution is -0.160. The lowest BCUT2D eigenvalue weighted by Crippen LogP contribution is -2.24. The summed E-state index contributed by atoms with van der Waals surface area (Å²) in [7, 11) is 0. The molecule has 0 N–H and O–H groups in total. The summed E-state index contributed by atoms with van der Waals surface area (Å²) in [6.45, 7) is 16.2. The maximum atomic E-state index is 12.8. The van der Waals surface area contributed by atoms with Crippen molar-refractivity contribution >= 4 is 23.8 Å². The van der Waals surface area contributed by atoms with Gasteiger partial charge in [0.2, 0.25) is 13.6 Å². The Morgan fingerprint density at radius 1 is 0.800 bits per heavy atom. The molecule has 0 bridgehead atoms. The Balaban J connectivity index is 2.14. The van der Waals surface area contributed by atoms with Gasteiger partial charge in [-0.15, -0.1) is 6.58 Å². The number of ether oxygens (including phenoxy) is 5. The Morgan fingerprint density at radius 2 is 1.38 bits per heavy atom. The molecule has 0 atom stereocenters. The number of benzene rings is 2. The van der Waals surface area contributed by atoms with Gasteiger partial charge in [-0.3, -0.25) is 14.4 Å². The first-order chi connectivity index (χ1) is 18.8. The fourth-order valence-electron chi connectivity index (χ4n) is 3.19. The molecular formula is C32H40O8. The van der Waals surface area contributed by atoms with Gasteiger partial charge in [-0.1, -0.05) is 6.08 Å². The standard InChI is InChI=1S/C32H40O8/c1-9-11-23-18-24(27(36-10-2)19-28(23)38-21-40-30(35)32(6,7)8)14-17-26(33)22-12-15-25(16-13-22)37-20-39-29(34)31(3,4)5/h9,12-19H,1,10-11,20-21H2,2-8H3/b17-14+. The number of hydrogen-bond donors (Lipinski definition) is 0. The summed E-state index contributed by atoms with van der Waals surface area (Å²) in [4.78, 5) is 36.8. The van der Waals surface area contributed by atoms with Gasteiger partial charge < -0.3 is 23.7 Å². The first kappa shape index (κ1) is 32.1. The molecule has 0 fully saturated rings. The van der Waals surface area contributed by atoms with Crippen molar-refractivity contribution in [3.63, 3.8) is 0 Å². The van der Waals surface area contributed by atoms with E-state index in [0.29, 0.717) is 41.4 Å². The van der Waals surface area contributed by atoms with Gasteiger partial charge in [0.25, 0.3) is 0 Å². The zero-order valence-electron chi connectivity index (χ0n) is 24.5. The van der Waals surface area contributed by atoms with E-state index < -0.39 is 10.8 Å². The maximum absolute atomic E-state index is 12.8. The molecule has 0 amide bonds. The molecule has 0 unspecified atom stereocenters. The molecule has 0 aliphatic heterocycles. The van der Waals surface area contributed by atoms with Crippen molar-refractivity contribution in [1.82, 2.24) is 0 Å². The minimum Gasteiger partial charge on any atom is -0.493 e. The fraction of sp³-hybridized carbons (Fsp3) is 0.406. The molecule has 8 heteroatoms. The second-order valence-corrected chi connectivity index (χ2v) is 11.0. The van der Waals surface area contributed by atoms with Gasteiger partial charge in [0, 0.05) is 17.2 Å². The molecular weight excluding hydrogens is 512 g/mol. The first-order valence-electron chi connectivity index (χ1n) is 13.1. The Morgan fingerprint density at radius 3 is 1.90 bits per heavy atom. The lowest BCUT2D eigenvalue weighted by Gasteiger charge is -2.18. The Kier molecular flexibility index (Phi) is 11.5. The van der Waals surface area contributed by atoms with Crippen LogP contribution in [0.2, 0.25) is 0 Å². The third-order valence-electron chi connectivity index (χ3n) is 5.45. The Labute approximate surface area is 236 Å². The Bertz CT molecular complexity index is 1210. The van der Waals surface area contributed by atoms with E-state index in [-0.39, 0.29) is 31.3 Å². The lowest BCUT2D eigenvalue weighted by atomic mass is 9.97. The van der Waals surface area contributed by atoms with Gasteiger partial charge in [-0.05, 0) is 103 Å². The molecule has 40 heavy (non-hydrogen) atoms. The van der Waals surface area contributed by atoms with Gasteiger partial charge in [-0.25, -0.2) is 0 Å². The zero-order valence-corrected chi connectivity index (χ0v) is 24.5. The number of ketones is 1. The molecule has 8 nitrogen and oxygen atoms in total. The van der Waals surface area contributed by atoms with E-state index in [4.69, 9.17) is 23.7 Å². The van der Waals surface area contributed by atoms with Crippen molar-refractivity contribution in [1.29, 1.82) is 0 Å². The smallest absolute Gasteiger partial charge is 0.314 e. The van der Waals surface area contributed by atoms with Crippen LogP contribution in [0.25, 0.3) is 6.08 Å². The predicted octanol–water partition coefficient (Wildman–Crippen LogP) is 6.56. The summed E-state index contributed by atoms with van der Waals surface area (Å²) >= 11 is 0. The van der Waals surface area contributed by atoms with Crippen LogP contribution in [0.15, 0.2) is 55.1 Å². The molecule has 0 aromatic heterocycles. The zero-order chi connectivity index (χ0) is 29.9. The quantitative estimate of drug-likeness (QED) is 0.0906. The summed E-state index contributed by atoms with van der Waals surface area (Å²) in [6.07, 6.45) is 5.37. The third-order valence-corrected chi connectivity index (χ3v) is 5.45. The SMILES string of the molecule is C=CCc1cc(/C=C/C(=O)c2ccc(OCOC(=O)C(C)(C)C)cc2)c(OCC)cc1OCOC(=O)C(C)(C)C. The first-order valence-corrected chi connectivity index (χ1v) is 13.1. The number of rotatable bonds is 13. The van der Waals surface area contributed by atoms with Crippen molar-refractivity contribution in [3.05, 3.63) is 71.8 Å². The summed E-state index contributed by atoms with van der Waals surface area (Å²) in [5, 5.41) is 0. The molecule has 0 saturated carbocycles. The highest BCUT2D eigenvalue weighted by Gasteiger charge is 2.24. The van der Waals surface area contributed by atoms with E-state index in [9.17, 15) is 14.4 Å². The molecule has 2 aromatic rings. The molecule has 0 radical (unpaired) electrons. The highest BCUT2D eigenvalue weighted by atomic mass is 16.7. The maximum Gasteiger partial charge on any atom is 0.314 e. The summed E-state index contributed by atoms with van der Waals surface area (Å²) in [5.41, 5.74) is 0.687. The van der Waals surface area contributed by atoms with E-state index in [1.165, 1.54) is 6.08 Å². The molecule has 216 valence electrons. The monoisotopic (exact) mass is 552 g/mol. The van der Waals surface area contributed by atoms with Crippen LogP contribution in [0.4, 0.5) is 0 Å². The van der Waals surface area contributed by atoms with Crippen LogP contribution in [0.3, 0.4) is 0 Å². The number of esters is 2. The van der Waals surface area contributed by atoms with Crippen LogP contribution in [0, 0.1) is 10.8 Å². The highest BCUT2D eigenvalue weighted by molar-refractivity contribution is 6.07. The van der Waals surface area contributed by atoms with E-state index >= 15 is 0 Å². The van der Waals surface area contributed by atoms with Crippen molar-refractivity contribution in [3.8, 4) is 17.2 Å². The van der Waals surface area contributed by atoms with Crippen molar-refractivity contribution in [2.24, 2.45) is 10.8 Å². The highest BCUT2D eigenvalue weighted by Crippen LogP contribution is 2.32. The number of allylic oxidation sites excluding steroid dienone is 2. The van der Waals surface area contributed by atoms with Crippen molar-refractivity contribution in [2.45, 2.75) is 54.9 Å². The van der Waals surface area contributed by atoms with Crippen LogP contribution in [-0.2, 0) is 25.5 Å². The van der Waals surface area contributed by atoms with Gasteiger partial charge in [-0.2, -0.15) is 0 Å². The topological polar surface area (TPSA) is 97.4 Å². The second-order valence-electron chi connectivity index (χ2n) is 11.0. The largest absolute Gasteiger partial charge is 0.493 e. The van der Waals surface area contributed by atoms with Gasteiger partial charge >= 0.3 is 11.9 Å². The van der Waals surface area contributed by atoms with Crippen LogP contribution in [0.1, 0.15) is 70.0 Å². The molecule has 2 rings (SSSR count). The van der Waals surface area contributed by atoms with Crippen molar-refractivity contribution in [2.75, 3.05) is 20.2 Å². The van der Waals surface area contributed by atoms with Crippen LogP contribution in [0.5, 0.6) is 17.2 Å². The van der Waals surface area contributed by atoms with E-state index in [0.717, 1.165) is 5.56 Å². The average molecular weight is 553 g/mol. The third kappa shape index (κ3) is 9.91. The molecule has 0 heterocycles. The summed E-state index contributed by atoms with van der Waals surface area (Å²) in [6, 6.07) is 10.1. The van der Waals surface area contributed by atoms with Gasteiger partial charge in [0.1, 0.15) is 17.2 Å². The van der Waals surface area contributed by atoms with Gasteiger partial charge in [0.15, 0.2) is 5.78 Å². The van der Waals surface area contributed by atoms with Crippen LogP contribution < -0.4 is 14.2 Å². The minimum atomic E-state index is -0.640. The molecule has 0 aliphatic carbocycles. The minimum absolute atomic E-state index is 0.213. The number of carbonyl (C=O) groups excluding carboxylic acids is 3. The summed E-state index contributed by atoms with van der Waals surface area (Å²) in [5.74, 6) is 0.536. The molecule has 2 aromatic carbocycles. The normalized spacial score (nSPS) is 11.6. The predicted molar refractivity (Wildman–Crippen MR) is 153 cm³/mol. The van der Waals surface area contributed by atoms with E-state index in [1.807, 2.05) is 13.0 Å².